The number of nitrogens with zero attached hydrogens (tertiary/aromatic N) is 2. The second-order valence-corrected chi connectivity index (χ2v) is 5.17. The summed E-state index contributed by atoms with van der Waals surface area (Å²) in [6.45, 7) is 6.10. The lowest BCUT2D eigenvalue weighted by molar-refractivity contribution is -0.00742. The maximum atomic E-state index is 5.92. The molecule has 0 aromatic carbocycles. The Balaban J connectivity index is 2.02. The fraction of sp³-hybridized carbons (Fsp3) is 0.786. The van der Waals surface area contributed by atoms with E-state index in [-0.39, 0.29) is 0 Å². The molecule has 1 aromatic rings. The van der Waals surface area contributed by atoms with E-state index >= 15 is 0 Å². The van der Waals surface area contributed by atoms with E-state index in [1.807, 2.05) is 18.7 Å². The maximum absolute atomic E-state index is 5.92. The topological polar surface area (TPSA) is 39.1 Å². The maximum Gasteiger partial charge on any atom is 0.0731 e. The Bertz CT molecular complexity index is 369. The molecular formula is C14H25N3O. The van der Waals surface area contributed by atoms with Crippen LogP contribution in [0.3, 0.4) is 0 Å². The van der Waals surface area contributed by atoms with Crippen LogP contribution < -0.4 is 5.32 Å². The highest BCUT2D eigenvalue weighted by Gasteiger charge is 2.24. The molecule has 2 atom stereocenters. The quantitative estimate of drug-likeness (QED) is 0.867. The number of hydrogen-bond donors (Lipinski definition) is 1. The van der Waals surface area contributed by atoms with Gasteiger partial charge in [-0.15, -0.1) is 0 Å². The molecule has 0 aliphatic carbocycles. The van der Waals surface area contributed by atoms with Crippen molar-refractivity contribution in [2.75, 3.05) is 13.2 Å². The van der Waals surface area contributed by atoms with Crippen LogP contribution in [0.1, 0.15) is 37.6 Å². The summed E-state index contributed by atoms with van der Waals surface area (Å²) in [7, 11) is 2.02. The van der Waals surface area contributed by atoms with Gasteiger partial charge >= 0.3 is 0 Å². The second-order valence-electron chi connectivity index (χ2n) is 5.17. The third kappa shape index (κ3) is 3.33. The smallest absolute Gasteiger partial charge is 0.0731 e. The van der Waals surface area contributed by atoms with Crippen molar-refractivity contribution in [3.8, 4) is 0 Å². The molecule has 4 heteroatoms. The van der Waals surface area contributed by atoms with Crippen LogP contribution in [0.15, 0.2) is 6.07 Å². The van der Waals surface area contributed by atoms with E-state index in [9.17, 15) is 0 Å². The van der Waals surface area contributed by atoms with Gasteiger partial charge in [-0.1, -0.05) is 6.92 Å². The van der Waals surface area contributed by atoms with Gasteiger partial charge in [-0.2, -0.15) is 5.10 Å². The molecule has 1 aromatic heterocycles. The predicted octanol–water partition coefficient (Wildman–Crippen LogP) is 1.82. The molecule has 0 radical (unpaired) electrons. The lowest BCUT2D eigenvalue weighted by Crippen LogP contribution is -2.44. The molecule has 18 heavy (non-hydrogen) atoms. The highest BCUT2D eigenvalue weighted by atomic mass is 16.5. The molecule has 2 heterocycles. The summed E-state index contributed by atoms with van der Waals surface area (Å²) in [5.74, 6) is 0. The highest BCUT2D eigenvalue weighted by molar-refractivity contribution is 5.10. The van der Waals surface area contributed by atoms with E-state index in [0.717, 1.165) is 25.3 Å². The van der Waals surface area contributed by atoms with Gasteiger partial charge in [0.15, 0.2) is 0 Å². The zero-order valence-electron chi connectivity index (χ0n) is 11.8. The van der Waals surface area contributed by atoms with E-state index < -0.39 is 0 Å². The first-order valence-electron chi connectivity index (χ1n) is 7.05. The normalized spacial score (nSPS) is 22.1. The van der Waals surface area contributed by atoms with Gasteiger partial charge < -0.3 is 10.1 Å². The Morgan fingerprint density at radius 1 is 1.56 bits per heavy atom. The van der Waals surface area contributed by atoms with E-state index in [2.05, 4.69) is 23.4 Å². The van der Waals surface area contributed by atoms with Crippen LogP contribution in [-0.2, 0) is 18.2 Å². The average Bonchev–Trinajstić information content (AvgIpc) is 2.68. The van der Waals surface area contributed by atoms with Gasteiger partial charge in [0.05, 0.1) is 11.8 Å². The van der Waals surface area contributed by atoms with Gasteiger partial charge in [-0.05, 0) is 38.8 Å². The first kappa shape index (κ1) is 13.6. The third-order valence-electron chi connectivity index (χ3n) is 3.66. The standard InChI is InChI=1S/C14H25N3O/c1-4-15-13(14-7-5-6-8-18-14)10-12-9-11(2)16-17(12)3/h9,13-15H,4-8,10H2,1-3H3. The summed E-state index contributed by atoms with van der Waals surface area (Å²) in [5.41, 5.74) is 2.37. The average molecular weight is 251 g/mol. The summed E-state index contributed by atoms with van der Waals surface area (Å²) in [4.78, 5) is 0. The fourth-order valence-electron chi connectivity index (χ4n) is 2.76. The van der Waals surface area contributed by atoms with Gasteiger partial charge in [0.2, 0.25) is 0 Å². The van der Waals surface area contributed by atoms with Gasteiger partial charge in [-0.3, -0.25) is 4.68 Å². The largest absolute Gasteiger partial charge is 0.377 e. The molecule has 1 aliphatic heterocycles. The third-order valence-corrected chi connectivity index (χ3v) is 3.66. The molecule has 2 rings (SSSR count). The molecule has 0 amide bonds. The molecule has 4 nitrogen and oxygen atoms in total. The van der Waals surface area contributed by atoms with Gasteiger partial charge in [0.25, 0.3) is 0 Å². The molecule has 1 aliphatic rings. The number of ether oxygens (including phenoxy) is 1. The molecule has 102 valence electrons. The van der Waals surface area contributed by atoms with Crippen molar-refractivity contribution in [3.05, 3.63) is 17.5 Å². The van der Waals surface area contributed by atoms with E-state index in [4.69, 9.17) is 4.74 Å². The lowest BCUT2D eigenvalue weighted by atomic mass is 9.98. The van der Waals surface area contributed by atoms with E-state index in [1.54, 1.807) is 0 Å². The van der Waals surface area contributed by atoms with Crippen molar-refractivity contribution in [1.82, 2.24) is 15.1 Å². The first-order valence-corrected chi connectivity index (χ1v) is 7.05. The summed E-state index contributed by atoms with van der Waals surface area (Å²) in [6.07, 6.45) is 5.02. The number of hydrogen-bond acceptors (Lipinski definition) is 3. The molecular weight excluding hydrogens is 226 g/mol. The van der Waals surface area contributed by atoms with Crippen molar-refractivity contribution < 1.29 is 4.74 Å². The number of aromatic nitrogens is 2. The molecule has 1 fully saturated rings. The zero-order valence-corrected chi connectivity index (χ0v) is 11.8. The summed E-state index contributed by atoms with van der Waals surface area (Å²) < 4.78 is 7.91. The SMILES string of the molecule is CCNC(Cc1cc(C)nn1C)C1CCCCO1. The van der Waals surface area contributed by atoms with E-state index in [0.29, 0.717) is 12.1 Å². The molecule has 1 N–H and O–H groups in total. The van der Waals surface area contributed by atoms with Crippen molar-refractivity contribution in [1.29, 1.82) is 0 Å². The molecule has 1 saturated heterocycles. The minimum absolute atomic E-state index is 0.355. The van der Waals surface area contributed by atoms with Crippen LogP contribution in [0.4, 0.5) is 0 Å². The van der Waals surface area contributed by atoms with Crippen molar-refractivity contribution in [2.45, 2.75) is 51.7 Å². The van der Waals surface area contributed by atoms with Crippen LogP contribution in [0, 0.1) is 6.92 Å². The van der Waals surface area contributed by atoms with Crippen molar-refractivity contribution in [3.63, 3.8) is 0 Å². The predicted molar refractivity (Wildman–Crippen MR) is 72.7 cm³/mol. The van der Waals surface area contributed by atoms with Crippen molar-refractivity contribution >= 4 is 0 Å². The first-order chi connectivity index (χ1) is 8.70. The van der Waals surface area contributed by atoms with Crippen molar-refractivity contribution in [2.24, 2.45) is 7.05 Å². The Morgan fingerprint density at radius 3 is 2.94 bits per heavy atom. The van der Waals surface area contributed by atoms with Crippen LogP contribution in [-0.4, -0.2) is 35.1 Å². The number of aryl methyl sites for hydroxylation is 2. The van der Waals surface area contributed by atoms with Crippen LogP contribution in [0.2, 0.25) is 0 Å². The second kappa shape index (κ2) is 6.34. The van der Waals surface area contributed by atoms with Gasteiger partial charge in [0.1, 0.15) is 0 Å². The molecule has 0 bridgehead atoms. The summed E-state index contributed by atoms with van der Waals surface area (Å²) in [6, 6.07) is 2.58. The number of nitrogens with one attached hydrogen (secondary N) is 1. The van der Waals surface area contributed by atoms with Crippen LogP contribution in [0.25, 0.3) is 0 Å². The summed E-state index contributed by atoms with van der Waals surface area (Å²) >= 11 is 0. The number of rotatable bonds is 5. The van der Waals surface area contributed by atoms with Gasteiger partial charge in [-0.25, -0.2) is 0 Å². The Labute approximate surface area is 110 Å². The molecule has 2 unspecified atom stereocenters. The minimum Gasteiger partial charge on any atom is -0.377 e. The molecule has 0 spiro atoms. The highest BCUT2D eigenvalue weighted by Crippen LogP contribution is 2.19. The van der Waals surface area contributed by atoms with Crippen LogP contribution in [0.5, 0.6) is 0 Å². The zero-order chi connectivity index (χ0) is 13.0. The Hall–Kier alpha value is -0.870. The Kier molecular flexibility index (Phi) is 4.78. The van der Waals surface area contributed by atoms with E-state index in [1.165, 1.54) is 25.0 Å². The lowest BCUT2D eigenvalue weighted by Gasteiger charge is -2.31. The van der Waals surface area contributed by atoms with Gasteiger partial charge in [0, 0.05) is 31.8 Å². The monoisotopic (exact) mass is 251 g/mol. The van der Waals surface area contributed by atoms with Crippen LogP contribution >= 0.6 is 0 Å². The summed E-state index contributed by atoms with van der Waals surface area (Å²) in [5, 5.41) is 7.99. The number of likely N-dealkylation sites (N-methyl/N-ethyl adjacent to an activating group) is 1. The minimum atomic E-state index is 0.355. The Morgan fingerprint density at radius 2 is 2.39 bits per heavy atom. The molecule has 0 saturated carbocycles. The fourth-order valence-corrected chi connectivity index (χ4v) is 2.76.